The third kappa shape index (κ3) is 6.49. The molecule has 0 radical (unpaired) electrons. The molecule has 0 amide bonds. The average Bonchev–Trinajstić information content (AvgIpc) is 2.76. The van der Waals surface area contributed by atoms with Gasteiger partial charge in [0.05, 0.1) is 24.0 Å². The lowest BCUT2D eigenvalue weighted by molar-refractivity contribution is -0.139. The van der Waals surface area contributed by atoms with Gasteiger partial charge in [0.15, 0.2) is 0 Å². The van der Waals surface area contributed by atoms with Crippen LogP contribution in [0.1, 0.15) is 41.0 Å². The molecule has 0 saturated heterocycles. The van der Waals surface area contributed by atoms with Gasteiger partial charge in [0.25, 0.3) is 0 Å². The Labute approximate surface area is 171 Å². The Morgan fingerprint density at radius 2 is 1.62 bits per heavy atom. The van der Waals surface area contributed by atoms with Gasteiger partial charge in [0, 0.05) is 18.1 Å². The number of benzene rings is 2. The predicted molar refractivity (Wildman–Crippen MR) is 119 cm³/mol. The second kappa shape index (κ2) is 12.4. The van der Waals surface area contributed by atoms with Gasteiger partial charge < -0.3 is 13.9 Å². The molecule has 0 saturated carbocycles. The lowest BCUT2D eigenvalue weighted by Crippen LogP contribution is -2.09. The molecule has 1 heterocycles. The highest BCUT2D eigenvalue weighted by molar-refractivity contribution is 5.90. The summed E-state index contributed by atoms with van der Waals surface area (Å²) in [5.74, 6) is 0.191. The van der Waals surface area contributed by atoms with Gasteiger partial charge in [0.1, 0.15) is 16.9 Å². The second-order valence-corrected chi connectivity index (χ2v) is 5.70. The van der Waals surface area contributed by atoms with Crippen LogP contribution in [0.4, 0.5) is 0 Å². The van der Waals surface area contributed by atoms with Crippen LogP contribution in [0.15, 0.2) is 63.8 Å². The van der Waals surface area contributed by atoms with E-state index >= 15 is 0 Å². The van der Waals surface area contributed by atoms with Gasteiger partial charge >= 0.3 is 5.97 Å². The van der Waals surface area contributed by atoms with Crippen molar-refractivity contribution in [3.8, 4) is 5.75 Å². The number of esters is 1. The molecule has 5 nitrogen and oxygen atoms in total. The summed E-state index contributed by atoms with van der Waals surface area (Å²) in [5.41, 5.74) is 1.34. The fourth-order valence-corrected chi connectivity index (χ4v) is 2.41. The van der Waals surface area contributed by atoms with Gasteiger partial charge in [-0.15, -0.1) is 0 Å². The van der Waals surface area contributed by atoms with Crippen LogP contribution in [0, 0.1) is 0 Å². The standard InChI is InChI=1S/C20H18O5.2C2H6/c1-13(2)20(22)24-11-5-10-23-14-8-9-16-18(12-14)25-17-7-4-3-6-15(17)19(16)21;2*1-2/h3-4,6-9,12H,1,5,10-11H2,2H3;2*1-2H3. The summed E-state index contributed by atoms with van der Waals surface area (Å²) in [4.78, 5) is 23.7. The molecule has 0 unspecified atom stereocenters. The largest absolute Gasteiger partial charge is 0.493 e. The normalized spacial score (nSPS) is 9.69. The Morgan fingerprint density at radius 1 is 0.966 bits per heavy atom. The number of rotatable bonds is 6. The van der Waals surface area contributed by atoms with Crippen molar-refractivity contribution in [2.45, 2.75) is 41.0 Å². The quantitative estimate of drug-likeness (QED) is 0.224. The highest BCUT2D eigenvalue weighted by Gasteiger charge is 2.08. The van der Waals surface area contributed by atoms with E-state index in [1.54, 1.807) is 37.3 Å². The summed E-state index contributed by atoms with van der Waals surface area (Å²) in [5, 5.41) is 1.07. The van der Waals surface area contributed by atoms with Crippen LogP contribution in [0.3, 0.4) is 0 Å². The number of carbonyl (C=O) groups is 1. The van der Waals surface area contributed by atoms with E-state index in [-0.39, 0.29) is 12.0 Å². The number of hydrogen-bond donors (Lipinski definition) is 0. The number of carbonyl (C=O) groups excluding carboxylic acids is 1. The van der Waals surface area contributed by atoms with Gasteiger partial charge in [-0.25, -0.2) is 4.79 Å². The fourth-order valence-electron chi connectivity index (χ4n) is 2.41. The van der Waals surface area contributed by atoms with Crippen molar-refractivity contribution in [1.29, 1.82) is 0 Å². The molecule has 3 aromatic rings. The average molecular weight is 398 g/mol. The molecule has 0 fully saturated rings. The zero-order valence-electron chi connectivity index (χ0n) is 17.9. The van der Waals surface area contributed by atoms with Crippen molar-refractivity contribution >= 4 is 27.9 Å². The van der Waals surface area contributed by atoms with Crippen molar-refractivity contribution in [1.82, 2.24) is 0 Å². The number of ether oxygens (including phenoxy) is 2. The van der Waals surface area contributed by atoms with Crippen molar-refractivity contribution < 1.29 is 18.7 Å². The summed E-state index contributed by atoms with van der Waals surface area (Å²) >= 11 is 0. The second-order valence-electron chi connectivity index (χ2n) is 5.70. The Hall–Kier alpha value is -3.08. The molecule has 0 spiro atoms. The van der Waals surface area contributed by atoms with E-state index in [9.17, 15) is 9.59 Å². The first-order valence-electron chi connectivity index (χ1n) is 9.97. The van der Waals surface area contributed by atoms with Crippen LogP contribution in [-0.2, 0) is 9.53 Å². The number of para-hydroxylation sites is 1. The summed E-state index contributed by atoms with van der Waals surface area (Å²) in [7, 11) is 0. The topological polar surface area (TPSA) is 65.7 Å². The molecular formula is C24H30O5. The van der Waals surface area contributed by atoms with Gasteiger partial charge in [-0.2, -0.15) is 0 Å². The van der Waals surface area contributed by atoms with Crippen molar-refractivity contribution in [2.24, 2.45) is 0 Å². The first-order chi connectivity index (χ1) is 14.1. The first kappa shape index (κ1) is 24.0. The van der Waals surface area contributed by atoms with E-state index in [1.807, 2.05) is 39.8 Å². The molecule has 29 heavy (non-hydrogen) atoms. The van der Waals surface area contributed by atoms with Gasteiger partial charge in [0.2, 0.25) is 5.43 Å². The number of fused-ring (bicyclic) bond motifs is 2. The summed E-state index contributed by atoms with van der Waals surface area (Å²) in [6.45, 7) is 13.8. The zero-order chi connectivity index (χ0) is 21.8. The Balaban J connectivity index is 0.000000989. The molecule has 156 valence electrons. The molecule has 0 aliphatic carbocycles. The maximum atomic E-state index is 12.5. The molecule has 0 atom stereocenters. The molecule has 0 aliphatic heterocycles. The third-order valence-corrected chi connectivity index (χ3v) is 3.69. The lowest BCUT2D eigenvalue weighted by Gasteiger charge is -2.08. The van der Waals surface area contributed by atoms with E-state index in [0.717, 1.165) is 0 Å². The van der Waals surface area contributed by atoms with Crippen LogP contribution >= 0.6 is 0 Å². The monoisotopic (exact) mass is 398 g/mol. The van der Waals surface area contributed by atoms with Gasteiger partial charge in [-0.1, -0.05) is 46.4 Å². The minimum Gasteiger partial charge on any atom is -0.493 e. The van der Waals surface area contributed by atoms with Crippen molar-refractivity contribution in [2.75, 3.05) is 13.2 Å². The Bertz CT molecular complexity index is 1000. The minimum atomic E-state index is -0.403. The highest BCUT2D eigenvalue weighted by atomic mass is 16.5. The SMILES string of the molecule is C=C(C)C(=O)OCCCOc1ccc2c(=O)c3ccccc3oc2c1.CC.CC. The van der Waals surface area contributed by atoms with Crippen LogP contribution < -0.4 is 10.2 Å². The van der Waals surface area contributed by atoms with E-state index in [1.165, 1.54) is 0 Å². The van der Waals surface area contributed by atoms with Crippen LogP contribution in [-0.4, -0.2) is 19.2 Å². The van der Waals surface area contributed by atoms with E-state index in [4.69, 9.17) is 13.9 Å². The van der Waals surface area contributed by atoms with Gasteiger partial charge in [-0.3, -0.25) is 4.79 Å². The summed E-state index contributed by atoms with van der Waals surface area (Å²) < 4.78 is 16.4. The zero-order valence-corrected chi connectivity index (χ0v) is 17.9. The summed E-state index contributed by atoms with van der Waals surface area (Å²) in [6.07, 6.45) is 0.554. The maximum Gasteiger partial charge on any atom is 0.333 e. The molecule has 0 aliphatic rings. The molecule has 1 aromatic heterocycles. The first-order valence-corrected chi connectivity index (χ1v) is 9.97. The van der Waals surface area contributed by atoms with E-state index < -0.39 is 5.97 Å². The lowest BCUT2D eigenvalue weighted by atomic mass is 10.1. The highest BCUT2D eigenvalue weighted by Crippen LogP contribution is 2.22. The maximum absolute atomic E-state index is 12.5. The van der Waals surface area contributed by atoms with E-state index in [2.05, 4.69) is 6.58 Å². The fraction of sp³-hybridized carbons (Fsp3) is 0.333. The Morgan fingerprint density at radius 3 is 2.31 bits per heavy atom. The van der Waals surface area contributed by atoms with E-state index in [0.29, 0.717) is 46.3 Å². The van der Waals surface area contributed by atoms with Crippen LogP contribution in [0.2, 0.25) is 0 Å². The predicted octanol–water partition coefficient (Wildman–Crippen LogP) is 5.89. The van der Waals surface area contributed by atoms with Crippen molar-refractivity contribution in [3.63, 3.8) is 0 Å². The summed E-state index contributed by atoms with van der Waals surface area (Å²) in [6, 6.07) is 12.3. The minimum absolute atomic E-state index is 0.0601. The molecule has 2 aromatic carbocycles. The number of hydrogen-bond acceptors (Lipinski definition) is 5. The molecular weight excluding hydrogens is 368 g/mol. The van der Waals surface area contributed by atoms with Crippen LogP contribution in [0.25, 0.3) is 21.9 Å². The molecule has 5 heteroatoms. The molecule has 0 bridgehead atoms. The smallest absolute Gasteiger partial charge is 0.333 e. The van der Waals surface area contributed by atoms with Gasteiger partial charge in [-0.05, 0) is 31.2 Å². The van der Waals surface area contributed by atoms with Crippen molar-refractivity contribution in [3.05, 3.63) is 64.8 Å². The molecule has 3 rings (SSSR count). The molecule has 0 N–H and O–H groups in total. The van der Waals surface area contributed by atoms with Crippen LogP contribution in [0.5, 0.6) is 5.75 Å². The Kier molecular flexibility index (Phi) is 10.2. The third-order valence-electron chi connectivity index (χ3n) is 3.69.